The first kappa shape index (κ1) is 14.6. The first-order valence-corrected chi connectivity index (χ1v) is 7.27. The lowest BCUT2D eigenvalue weighted by Crippen LogP contribution is -2.24. The van der Waals surface area contributed by atoms with E-state index >= 15 is 0 Å². The summed E-state index contributed by atoms with van der Waals surface area (Å²) in [6.07, 6.45) is 9.85. The normalized spacial score (nSPS) is 16.0. The van der Waals surface area contributed by atoms with Gasteiger partial charge in [0, 0.05) is 12.6 Å². The Hall–Kier alpha value is -1.78. The molecule has 2 N–H and O–H groups in total. The Bertz CT molecular complexity index is 460. The molecule has 5 nitrogen and oxygen atoms in total. The van der Waals surface area contributed by atoms with Crippen LogP contribution in [0, 0.1) is 5.92 Å². The molecule has 0 bridgehead atoms. The number of nitrogens with one attached hydrogen (secondary N) is 1. The number of carbonyl (C=O) groups is 2. The van der Waals surface area contributed by atoms with Crippen molar-refractivity contribution < 1.29 is 19.1 Å². The molecular formula is C15H21NO4. The minimum atomic E-state index is -1.09. The highest BCUT2D eigenvalue weighted by atomic mass is 16.4. The zero-order valence-electron chi connectivity index (χ0n) is 11.6. The quantitative estimate of drug-likeness (QED) is 0.784. The Balaban J connectivity index is 1.67. The van der Waals surface area contributed by atoms with Gasteiger partial charge in [0.05, 0.1) is 5.56 Å². The SMILES string of the molecule is O=C(O)c1coc(C(=O)NCCCC2CCCCC2)c1. The zero-order valence-corrected chi connectivity index (χ0v) is 11.6. The van der Waals surface area contributed by atoms with Crippen molar-refractivity contribution in [3.63, 3.8) is 0 Å². The average molecular weight is 279 g/mol. The largest absolute Gasteiger partial charge is 0.478 e. The molecule has 1 fully saturated rings. The van der Waals surface area contributed by atoms with Crippen LogP contribution in [-0.4, -0.2) is 23.5 Å². The van der Waals surface area contributed by atoms with Gasteiger partial charge >= 0.3 is 5.97 Å². The third-order valence-electron chi connectivity index (χ3n) is 3.87. The monoisotopic (exact) mass is 279 g/mol. The summed E-state index contributed by atoms with van der Waals surface area (Å²) < 4.78 is 4.94. The number of aromatic carboxylic acids is 1. The van der Waals surface area contributed by atoms with E-state index in [0.717, 1.165) is 25.0 Å². The van der Waals surface area contributed by atoms with Crippen molar-refractivity contribution in [1.29, 1.82) is 0 Å². The van der Waals surface area contributed by atoms with Crippen LogP contribution in [0.1, 0.15) is 65.9 Å². The van der Waals surface area contributed by atoms with E-state index in [1.165, 1.54) is 38.2 Å². The predicted octanol–water partition coefficient (Wildman–Crippen LogP) is 3.07. The molecular weight excluding hydrogens is 258 g/mol. The molecule has 5 heteroatoms. The zero-order chi connectivity index (χ0) is 14.4. The second kappa shape index (κ2) is 7.12. The highest BCUT2D eigenvalue weighted by molar-refractivity contribution is 5.95. The van der Waals surface area contributed by atoms with Gasteiger partial charge in [0.2, 0.25) is 0 Å². The van der Waals surface area contributed by atoms with Crippen LogP contribution >= 0.6 is 0 Å². The number of rotatable bonds is 6. The molecule has 1 heterocycles. The molecule has 1 aromatic rings. The Morgan fingerprint density at radius 3 is 2.70 bits per heavy atom. The van der Waals surface area contributed by atoms with Gasteiger partial charge < -0.3 is 14.8 Å². The fourth-order valence-corrected chi connectivity index (χ4v) is 2.72. The van der Waals surface area contributed by atoms with Crippen molar-refractivity contribution >= 4 is 11.9 Å². The van der Waals surface area contributed by atoms with Gasteiger partial charge in [-0.25, -0.2) is 4.79 Å². The van der Waals surface area contributed by atoms with Gasteiger partial charge in [-0.1, -0.05) is 32.1 Å². The lowest BCUT2D eigenvalue weighted by molar-refractivity contribution is 0.0696. The second-order valence-electron chi connectivity index (χ2n) is 5.41. The highest BCUT2D eigenvalue weighted by Gasteiger charge is 2.15. The van der Waals surface area contributed by atoms with Gasteiger partial charge in [0.15, 0.2) is 5.76 Å². The van der Waals surface area contributed by atoms with Gasteiger partial charge in [0.25, 0.3) is 5.91 Å². The second-order valence-corrected chi connectivity index (χ2v) is 5.41. The Morgan fingerprint density at radius 2 is 2.05 bits per heavy atom. The van der Waals surface area contributed by atoms with Gasteiger partial charge in [-0.3, -0.25) is 4.79 Å². The molecule has 0 radical (unpaired) electrons. The number of hydrogen-bond acceptors (Lipinski definition) is 3. The van der Waals surface area contributed by atoms with E-state index < -0.39 is 5.97 Å². The lowest BCUT2D eigenvalue weighted by atomic mass is 9.86. The van der Waals surface area contributed by atoms with Crippen LogP contribution in [0.2, 0.25) is 0 Å². The number of carbonyl (C=O) groups excluding carboxylic acids is 1. The molecule has 0 aliphatic heterocycles. The molecule has 1 aliphatic rings. The van der Waals surface area contributed by atoms with E-state index in [2.05, 4.69) is 5.32 Å². The highest BCUT2D eigenvalue weighted by Crippen LogP contribution is 2.26. The fraction of sp³-hybridized carbons (Fsp3) is 0.600. The van der Waals surface area contributed by atoms with Crippen molar-refractivity contribution in [2.45, 2.75) is 44.9 Å². The summed E-state index contributed by atoms with van der Waals surface area (Å²) in [7, 11) is 0. The van der Waals surface area contributed by atoms with Crippen LogP contribution < -0.4 is 5.32 Å². The van der Waals surface area contributed by atoms with Crippen LogP contribution in [-0.2, 0) is 0 Å². The van der Waals surface area contributed by atoms with Crippen LogP contribution in [0.15, 0.2) is 16.7 Å². The lowest BCUT2D eigenvalue weighted by Gasteiger charge is -2.21. The summed E-state index contributed by atoms with van der Waals surface area (Å²) in [6.45, 7) is 0.610. The summed E-state index contributed by atoms with van der Waals surface area (Å²) in [5, 5.41) is 11.5. The molecule has 0 unspecified atom stereocenters. The van der Waals surface area contributed by atoms with Gasteiger partial charge in [0.1, 0.15) is 6.26 Å². The van der Waals surface area contributed by atoms with E-state index in [1.807, 2.05) is 0 Å². The van der Waals surface area contributed by atoms with E-state index in [0.29, 0.717) is 6.54 Å². The Labute approximate surface area is 118 Å². The smallest absolute Gasteiger partial charge is 0.338 e. The summed E-state index contributed by atoms with van der Waals surface area (Å²) >= 11 is 0. The average Bonchev–Trinajstić information content (AvgIpc) is 2.94. The minimum absolute atomic E-state index is 0.00245. The number of hydrogen-bond donors (Lipinski definition) is 2. The maximum atomic E-state index is 11.7. The summed E-state index contributed by atoms with van der Waals surface area (Å²) in [4.78, 5) is 22.4. The van der Waals surface area contributed by atoms with Crippen LogP contribution in [0.5, 0.6) is 0 Å². The van der Waals surface area contributed by atoms with E-state index in [4.69, 9.17) is 9.52 Å². The third kappa shape index (κ3) is 4.11. The van der Waals surface area contributed by atoms with Crippen molar-refractivity contribution in [3.8, 4) is 0 Å². The number of carboxylic acids is 1. The molecule has 0 atom stereocenters. The molecule has 0 saturated heterocycles. The molecule has 1 aliphatic carbocycles. The fourth-order valence-electron chi connectivity index (χ4n) is 2.72. The van der Waals surface area contributed by atoms with Crippen LogP contribution in [0.25, 0.3) is 0 Å². The van der Waals surface area contributed by atoms with Crippen LogP contribution in [0.4, 0.5) is 0 Å². The summed E-state index contributed by atoms with van der Waals surface area (Å²) in [5.74, 6) is -0.575. The molecule has 0 aromatic carbocycles. The van der Waals surface area contributed by atoms with Gasteiger partial charge in [-0.05, 0) is 18.8 Å². The molecule has 0 spiro atoms. The van der Waals surface area contributed by atoms with Crippen LogP contribution in [0.3, 0.4) is 0 Å². The first-order chi connectivity index (χ1) is 9.66. The molecule has 1 aromatic heterocycles. The van der Waals surface area contributed by atoms with Crippen molar-refractivity contribution in [2.24, 2.45) is 5.92 Å². The summed E-state index contributed by atoms with van der Waals surface area (Å²) in [5.41, 5.74) is -0.00245. The Morgan fingerprint density at radius 1 is 1.30 bits per heavy atom. The molecule has 1 amide bonds. The molecule has 110 valence electrons. The Kier molecular flexibility index (Phi) is 5.21. The predicted molar refractivity (Wildman–Crippen MR) is 73.8 cm³/mol. The van der Waals surface area contributed by atoms with Crippen molar-refractivity contribution in [1.82, 2.24) is 5.32 Å². The maximum Gasteiger partial charge on any atom is 0.338 e. The molecule has 2 rings (SSSR count). The number of carboxylic acid groups (broad SMARTS) is 1. The van der Waals surface area contributed by atoms with E-state index in [-0.39, 0.29) is 17.2 Å². The topological polar surface area (TPSA) is 79.5 Å². The maximum absolute atomic E-state index is 11.7. The first-order valence-electron chi connectivity index (χ1n) is 7.27. The standard InChI is InChI=1S/C15H21NO4/c17-14(13-9-12(10-20-13)15(18)19)16-8-4-7-11-5-2-1-3-6-11/h9-11H,1-8H2,(H,16,17)(H,18,19). The van der Waals surface area contributed by atoms with E-state index in [9.17, 15) is 9.59 Å². The van der Waals surface area contributed by atoms with Gasteiger partial charge in [-0.15, -0.1) is 0 Å². The van der Waals surface area contributed by atoms with Gasteiger partial charge in [-0.2, -0.15) is 0 Å². The molecule has 20 heavy (non-hydrogen) atoms. The van der Waals surface area contributed by atoms with Crippen molar-refractivity contribution in [2.75, 3.05) is 6.54 Å². The minimum Gasteiger partial charge on any atom is -0.478 e. The summed E-state index contributed by atoms with van der Waals surface area (Å²) in [6, 6.07) is 1.25. The number of amides is 1. The van der Waals surface area contributed by atoms with E-state index in [1.54, 1.807) is 0 Å². The molecule has 1 saturated carbocycles. The van der Waals surface area contributed by atoms with Crippen molar-refractivity contribution in [3.05, 3.63) is 23.7 Å². The third-order valence-corrected chi connectivity index (χ3v) is 3.87. The number of furan rings is 1.